The number of hydrogen-bond donors (Lipinski definition) is 2. The van der Waals surface area contributed by atoms with Crippen LogP contribution in [0.5, 0.6) is 0 Å². The second kappa shape index (κ2) is 6.14. The van der Waals surface area contributed by atoms with Crippen LogP contribution >= 0.6 is 0 Å². The van der Waals surface area contributed by atoms with Crippen molar-refractivity contribution in [1.82, 2.24) is 4.72 Å². The molecule has 0 fully saturated rings. The van der Waals surface area contributed by atoms with Crippen LogP contribution < -0.4 is 4.72 Å². The first-order valence-electron chi connectivity index (χ1n) is 5.26. The number of aliphatic carboxylic acids is 1. The van der Waals surface area contributed by atoms with Crippen LogP contribution in [0.1, 0.15) is 27.2 Å². The molecule has 1 unspecified atom stereocenters. The fourth-order valence-corrected chi connectivity index (χ4v) is 2.55. The molecular formula is C10H19NO6S. The van der Waals surface area contributed by atoms with Gasteiger partial charge in [0.05, 0.1) is 13.5 Å². The van der Waals surface area contributed by atoms with E-state index in [0.717, 1.165) is 7.11 Å². The minimum absolute atomic E-state index is 0.357. The number of sulfonamides is 1. The molecular weight excluding hydrogens is 262 g/mol. The van der Waals surface area contributed by atoms with E-state index in [4.69, 9.17) is 5.11 Å². The summed E-state index contributed by atoms with van der Waals surface area (Å²) in [5.74, 6) is -2.84. The lowest BCUT2D eigenvalue weighted by Gasteiger charge is -2.29. The van der Waals surface area contributed by atoms with E-state index in [1.54, 1.807) is 20.8 Å². The molecule has 0 saturated heterocycles. The van der Waals surface area contributed by atoms with Gasteiger partial charge in [-0.05, 0) is 5.41 Å². The van der Waals surface area contributed by atoms with Gasteiger partial charge in [0.15, 0.2) is 5.75 Å². The van der Waals surface area contributed by atoms with Crippen molar-refractivity contribution in [3.8, 4) is 0 Å². The quantitative estimate of drug-likeness (QED) is 0.661. The molecule has 0 heterocycles. The van der Waals surface area contributed by atoms with Gasteiger partial charge in [-0.3, -0.25) is 9.59 Å². The monoisotopic (exact) mass is 281 g/mol. The van der Waals surface area contributed by atoms with Crippen LogP contribution in [-0.4, -0.2) is 44.4 Å². The van der Waals surface area contributed by atoms with Gasteiger partial charge < -0.3 is 9.84 Å². The smallest absolute Gasteiger partial charge is 0.322 e. The van der Waals surface area contributed by atoms with Crippen LogP contribution in [0.25, 0.3) is 0 Å². The van der Waals surface area contributed by atoms with Crippen molar-refractivity contribution in [2.24, 2.45) is 5.41 Å². The summed E-state index contributed by atoms with van der Waals surface area (Å²) in [4.78, 5) is 21.6. The first kappa shape index (κ1) is 16.9. The van der Waals surface area contributed by atoms with E-state index in [1.165, 1.54) is 0 Å². The van der Waals surface area contributed by atoms with Crippen LogP contribution in [0.3, 0.4) is 0 Å². The third-order valence-corrected chi connectivity index (χ3v) is 3.54. The van der Waals surface area contributed by atoms with Crippen molar-refractivity contribution in [3.63, 3.8) is 0 Å². The van der Waals surface area contributed by atoms with Gasteiger partial charge in [0.25, 0.3) is 0 Å². The summed E-state index contributed by atoms with van der Waals surface area (Å²) < 4.78 is 29.7. The lowest BCUT2D eigenvalue weighted by Crippen LogP contribution is -2.46. The molecule has 0 spiro atoms. The fourth-order valence-electron chi connectivity index (χ4n) is 1.17. The Hall–Kier alpha value is -1.15. The number of carboxylic acid groups (broad SMARTS) is 1. The zero-order chi connectivity index (χ0) is 14.6. The number of hydrogen-bond acceptors (Lipinski definition) is 5. The molecule has 1 atom stereocenters. The van der Waals surface area contributed by atoms with Gasteiger partial charge in [0.1, 0.15) is 0 Å². The standard InChI is InChI=1S/C10H19NO6S/c1-10(2,3)7(5-8(12)13)11-18(15,16)6-9(14)17-4/h7,11H,5-6H2,1-4H3,(H,12,13). The summed E-state index contributed by atoms with van der Waals surface area (Å²) >= 11 is 0. The first-order valence-corrected chi connectivity index (χ1v) is 6.92. The van der Waals surface area contributed by atoms with E-state index in [1.807, 2.05) is 0 Å². The molecule has 2 N–H and O–H groups in total. The van der Waals surface area contributed by atoms with Crippen molar-refractivity contribution in [2.75, 3.05) is 12.9 Å². The molecule has 0 aromatic carbocycles. The second-order valence-corrected chi connectivity index (χ2v) is 6.72. The number of methoxy groups -OCH3 is 1. The molecule has 0 aliphatic carbocycles. The maximum atomic E-state index is 11.6. The Labute approximate surface area is 107 Å². The third-order valence-electron chi connectivity index (χ3n) is 2.28. The Morgan fingerprint density at radius 3 is 2.17 bits per heavy atom. The van der Waals surface area contributed by atoms with Crippen molar-refractivity contribution < 1.29 is 27.9 Å². The summed E-state index contributed by atoms with van der Waals surface area (Å²) in [7, 11) is -2.83. The molecule has 0 bridgehead atoms. The highest BCUT2D eigenvalue weighted by Gasteiger charge is 2.31. The molecule has 18 heavy (non-hydrogen) atoms. The fraction of sp³-hybridized carbons (Fsp3) is 0.800. The first-order chi connectivity index (χ1) is 7.98. The van der Waals surface area contributed by atoms with Crippen molar-refractivity contribution in [3.05, 3.63) is 0 Å². The summed E-state index contributed by atoms with van der Waals surface area (Å²) in [6, 6.07) is -0.801. The van der Waals surface area contributed by atoms with Crippen LogP contribution in [0.15, 0.2) is 0 Å². The highest BCUT2D eigenvalue weighted by atomic mass is 32.2. The largest absolute Gasteiger partial charge is 0.481 e. The number of ether oxygens (including phenoxy) is 1. The van der Waals surface area contributed by atoms with Crippen molar-refractivity contribution >= 4 is 22.0 Å². The minimum atomic E-state index is -3.91. The zero-order valence-electron chi connectivity index (χ0n) is 10.9. The predicted octanol–water partition coefficient (Wildman–Crippen LogP) is -0.0318. The molecule has 0 aliphatic rings. The van der Waals surface area contributed by atoms with Crippen LogP contribution in [0, 0.1) is 5.41 Å². The van der Waals surface area contributed by atoms with Gasteiger partial charge in [0.2, 0.25) is 10.0 Å². The summed E-state index contributed by atoms with van der Waals surface area (Å²) in [5, 5.41) is 8.75. The molecule has 0 aliphatic heterocycles. The molecule has 8 heteroatoms. The number of carboxylic acids is 1. The van der Waals surface area contributed by atoms with Gasteiger partial charge in [-0.15, -0.1) is 0 Å². The van der Waals surface area contributed by atoms with Gasteiger partial charge in [-0.2, -0.15) is 0 Å². The molecule has 0 radical (unpaired) electrons. The van der Waals surface area contributed by atoms with E-state index < -0.39 is 39.2 Å². The Balaban J connectivity index is 4.88. The summed E-state index contributed by atoms with van der Waals surface area (Å²) in [5.41, 5.74) is -0.582. The second-order valence-electron chi connectivity index (χ2n) is 4.97. The third kappa shape index (κ3) is 6.55. The van der Waals surface area contributed by atoms with Gasteiger partial charge >= 0.3 is 11.9 Å². The number of esters is 1. The van der Waals surface area contributed by atoms with E-state index in [0.29, 0.717) is 0 Å². The van der Waals surface area contributed by atoms with E-state index in [-0.39, 0.29) is 6.42 Å². The summed E-state index contributed by atoms with van der Waals surface area (Å²) in [6.45, 7) is 5.13. The van der Waals surface area contributed by atoms with Gasteiger partial charge in [-0.25, -0.2) is 13.1 Å². The van der Waals surface area contributed by atoms with Gasteiger partial charge in [-0.1, -0.05) is 20.8 Å². The van der Waals surface area contributed by atoms with E-state index >= 15 is 0 Å². The molecule has 0 amide bonds. The maximum absolute atomic E-state index is 11.6. The minimum Gasteiger partial charge on any atom is -0.481 e. The Kier molecular flexibility index (Phi) is 5.75. The SMILES string of the molecule is COC(=O)CS(=O)(=O)NC(CC(=O)O)C(C)(C)C. The molecule has 0 aromatic heterocycles. The molecule has 106 valence electrons. The van der Waals surface area contributed by atoms with E-state index in [9.17, 15) is 18.0 Å². The number of rotatable bonds is 6. The molecule has 0 aromatic rings. The average Bonchev–Trinajstić information content (AvgIpc) is 2.13. The normalized spacial score (nSPS) is 14.0. The highest BCUT2D eigenvalue weighted by Crippen LogP contribution is 2.22. The average molecular weight is 281 g/mol. The number of carbonyl (C=O) groups excluding carboxylic acids is 1. The van der Waals surface area contributed by atoms with Crippen molar-refractivity contribution in [1.29, 1.82) is 0 Å². The summed E-state index contributed by atoms with van der Waals surface area (Å²) in [6.07, 6.45) is -0.357. The van der Waals surface area contributed by atoms with Gasteiger partial charge in [0, 0.05) is 6.04 Å². The topological polar surface area (TPSA) is 110 Å². The molecule has 7 nitrogen and oxygen atoms in total. The Morgan fingerprint density at radius 2 is 1.83 bits per heavy atom. The number of nitrogens with one attached hydrogen (secondary N) is 1. The van der Waals surface area contributed by atoms with E-state index in [2.05, 4.69) is 9.46 Å². The lowest BCUT2D eigenvalue weighted by atomic mass is 9.85. The maximum Gasteiger partial charge on any atom is 0.322 e. The zero-order valence-corrected chi connectivity index (χ0v) is 11.7. The molecule has 0 rings (SSSR count). The Bertz CT molecular complexity index is 409. The number of carbonyl (C=O) groups is 2. The van der Waals surface area contributed by atoms with Crippen LogP contribution in [-0.2, 0) is 24.3 Å². The molecule has 0 saturated carbocycles. The lowest BCUT2D eigenvalue weighted by molar-refractivity contribution is -0.138. The van der Waals surface area contributed by atoms with Crippen LogP contribution in [0.2, 0.25) is 0 Å². The highest BCUT2D eigenvalue weighted by molar-refractivity contribution is 7.90. The van der Waals surface area contributed by atoms with Crippen molar-refractivity contribution in [2.45, 2.75) is 33.2 Å². The van der Waals surface area contributed by atoms with Crippen LogP contribution in [0.4, 0.5) is 0 Å². The predicted molar refractivity (Wildman–Crippen MR) is 64.4 cm³/mol. The Morgan fingerprint density at radius 1 is 1.33 bits per heavy atom.